The number of carbonyl (C=O) groups excluding carboxylic acids is 1. The Labute approximate surface area is 119 Å². The van der Waals surface area contributed by atoms with Crippen LogP contribution < -0.4 is 5.32 Å². The Bertz CT molecular complexity index is 568. The molecule has 0 saturated heterocycles. The molecule has 2 N–H and O–H groups in total. The topological polar surface area (TPSA) is 78.8 Å². The summed E-state index contributed by atoms with van der Waals surface area (Å²) in [7, 11) is 5.64. The molecule has 102 valence electrons. The number of nitrogens with zero attached hydrogens (tertiary/aromatic N) is 4. The maximum atomic E-state index is 12.1. The number of anilines is 1. The molecular weight excluding hydrogens is 312 g/mol. The minimum absolute atomic E-state index is 0.255. The van der Waals surface area contributed by atoms with Crippen molar-refractivity contribution in [1.82, 2.24) is 24.9 Å². The van der Waals surface area contributed by atoms with Gasteiger partial charge in [0.2, 0.25) is 0 Å². The van der Waals surface area contributed by atoms with E-state index in [2.05, 4.69) is 36.5 Å². The number of aryl methyl sites for hydroxylation is 1. The molecule has 0 aliphatic carbocycles. The van der Waals surface area contributed by atoms with E-state index in [1.165, 1.54) is 4.68 Å². The molecule has 0 radical (unpaired) electrons. The van der Waals surface area contributed by atoms with Crippen LogP contribution in [-0.2, 0) is 13.6 Å². The molecular formula is C11H15BrN6O. The molecule has 0 spiro atoms. The van der Waals surface area contributed by atoms with Crippen molar-refractivity contribution in [2.24, 2.45) is 7.05 Å². The van der Waals surface area contributed by atoms with Crippen LogP contribution in [0.2, 0.25) is 0 Å². The molecule has 0 fully saturated rings. The summed E-state index contributed by atoms with van der Waals surface area (Å²) in [6, 6.07) is 1.81. The van der Waals surface area contributed by atoms with Crippen molar-refractivity contribution >= 4 is 27.7 Å². The molecule has 0 saturated carbocycles. The largest absolute Gasteiger partial charge is 0.304 e. The highest BCUT2D eigenvalue weighted by Gasteiger charge is 2.16. The van der Waals surface area contributed by atoms with Crippen LogP contribution in [0.15, 0.2) is 16.7 Å². The van der Waals surface area contributed by atoms with Gasteiger partial charge in [0.25, 0.3) is 5.91 Å². The number of carbonyl (C=O) groups is 1. The number of aromatic amines is 1. The van der Waals surface area contributed by atoms with Crippen molar-refractivity contribution < 1.29 is 4.79 Å². The third-order valence-corrected chi connectivity index (χ3v) is 3.05. The maximum absolute atomic E-state index is 12.1. The lowest BCUT2D eigenvalue weighted by Crippen LogP contribution is -2.16. The number of amides is 1. The van der Waals surface area contributed by atoms with Gasteiger partial charge in [-0.3, -0.25) is 14.6 Å². The van der Waals surface area contributed by atoms with Crippen molar-refractivity contribution in [3.05, 3.63) is 28.1 Å². The number of nitrogens with one attached hydrogen (secondary N) is 2. The van der Waals surface area contributed by atoms with Gasteiger partial charge in [0.1, 0.15) is 5.69 Å². The zero-order valence-corrected chi connectivity index (χ0v) is 12.5. The van der Waals surface area contributed by atoms with E-state index < -0.39 is 0 Å². The lowest BCUT2D eigenvalue weighted by molar-refractivity contribution is 0.101. The van der Waals surface area contributed by atoms with Gasteiger partial charge in [0.05, 0.1) is 16.4 Å². The zero-order valence-electron chi connectivity index (χ0n) is 10.9. The van der Waals surface area contributed by atoms with Crippen molar-refractivity contribution in [3.8, 4) is 0 Å². The molecule has 8 heteroatoms. The Morgan fingerprint density at radius 1 is 1.58 bits per heavy atom. The van der Waals surface area contributed by atoms with Gasteiger partial charge in [0, 0.05) is 19.7 Å². The Morgan fingerprint density at radius 2 is 2.32 bits per heavy atom. The third kappa shape index (κ3) is 3.21. The average molecular weight is 327 g/mol. The first-order chi connectivity index (χ1) is 8.97. The summed E-state index contributed by atoms with van der Waals surface area (Å²) in [5, 5.41) is 13.7. The van der Waals surface area contributed by atoms with Crippen LogP contribution in [0.3, 0.4) is 0 Å². The quantitative estimate of drug-likeness (QED) is 0.885. The van der Waals surface area contributed by atoms with Crippen LogP contribution >= 0.6 is 15.9 Å². The number of aromatic nitrogens is 4. The smallest absolute Gasteiger partial charge is 0.276 e. The third-order valence-electron chi connectivity index (χ3n) is 2.47. The molecule has 0 aromatic carbocycles. The fourth-order valence-corrected chi connectivity index (χ4v) is 2.22. The van der Waals surface area contributed by atoms with E-state index in [0.29, 0.717) is 16.0 Å². The molecule has 2 aromatic rings. The zero-order chi connectivity index (χ0) is 14.0. The van der Waals surface area contributed by atoms with Crippen molar-refractivity contribution in [2.75, 3.05) is 19.4 Å². The number of rotatable bonds is 4. The van der Waals surface area contributed by atoms with Crippen molar-refractivity contribution in [3.63, 3.8) is 0 Å². The number of hydrogen-bond donors (Lipinski definition) is 2. The minimum Gasteiger partial charge on any atom is -0.304 e. The number of hydrogen-bond acceptors (Lipinski definition) is 4. The van der Waals surface area contributed by atoms with E-state index in [4.69, 9.17) is 0 Å². The Kier molecular flexibility index (Phi) is 4.01. The van der Waals surface area contributed by atoms with Crippen LogP contribution in [0, 0.1) is 0 Å². The van der Waals surface area contributed by atoms with Gasteiger partial charge in [-0.1, -0.05) is 0 Å². The highest BCUT2D eigenvalue weighted by molar-refractivity contribution is 9.10. The Morgan fingerprint density at radius 3 is 2.89 bits per heavy atom. The minimum atomic E-state index is -0.255. The van der Waals surface area contributed by atoms with Gasteiger partial charge in [-0.15, -0.1) is 0 Å². The normalized spacial score (nSPS) is 11.0. The van der Waals surface area contributed by atoms with Crippen LogP contribution in [0.1, 0.15) is 16.2 Å². The van der Waals surface area contributed by atoms with Crippen molar-refractivity contribution in [1.29, 1.82) is 0 Å². The van der Waals surface area contributed by atoms with Crippen LogP contribution in [0.25, 0.3) is 0 Å². The van der Waals surface area contributed by atoms with Gasteiger partial charge in [-0.25, -0.2) is 0 Å². The second-order valence-electron chi connectivity index (χ2n) is 4.44. The van der Waals surface area contributed by atoms with Crippen LogP contribution in [-0.4, -0.2) is 44.9 Å². The molecule has 2 aromatic heterocycles. The molecule has 1 amide bonds. The van der Waals surface area contributed by atoms with Crippen molar-refractivity contribution in [2.45, 2.75) is 6.54 Å². The van der Waals surface area contributed by atoms with Crippen LogP contribution in [0.4, 0.5) is 5.82 Å². The summed E-state index contributed by atoms with van der Waals surface area (Å²) in [5.74, 6) is 0.240. The van der Waals surface area contributed by atoms with Gasteiger partial charge >= 0.3 is 0 Å². The lowest BCUT2D eigenvalue weighted by Gasteiger charge is -2.05. The van der Waals surface area contributed by atoms with E-state index in [1.54, 1.807) is 13.2 Å². The fourth-order valence-electron chi connectivity index (χ4n) is 1.69. The maximum Gasteiger partial charge on any atom is 0.276 e. The van der Waals surface area contributed by atoms with E-state index in [9.17, 15) is 4.79 Å². The summed E-state index contributed by atoms with van der Waals surface area (Å²) in [5.41, 5.74) is 1.39. The Hall–Kier alpha value is -1.67. The molecule has 0 unspecified atom stereocenters. The fraction of sp³-hybridized carbons (Fsp3) is 0.364. The van der Waals surface area contributed by atoms with E-state index in [-0.39, 0.29) is 5.91 Å². The summed E-state index contributed by atoms with van der Waals surface area (Å²) in [4.78, 5) is 14.1. The predicted molar refractivity (Wildman–Crippen MR) is 74.8 cm³/mol. The molecule has 2 heterocycles. The SMILES string of the molecule is CN(C)Cc1cc(NC(=O)c2c(Br)cnn2C)n[nH]1. The van der Waals surface area contributed by atoms with Crippen LogP contribution in [0.5, 0.6) is 0 Å². The number of halogens is 1. The standard InChI is InChI=1S/C11H15BrN6O/c1-17(2)6-7-4-9(16-15-7)14-11(19)10-8(12)5-13-18(10)3/h4-5H,6H2,1-3H3,(H2,14,15,16,19). The van der Waals surface area contributed by atoms with E-state index in [0.717, 1.165) is 12.2 Å². The molecule has 2 rings (SSSR count). The molecule has 0 atom stereocenters. The van der Waals surface area contributed by atoms with E-state index >= 15 is 0 Å². The molecule has 0 aliphatic heterocycles. The second kappa shape index (κ2) is 5.54. The summed E-state index contributed by atoms with van der Waals surface area (Å²) >= 11 is 3.29. The first-order valence-corrected chi connectivity index (χ1v) is 6.44. The van der Waals surface area contributed by atoms with Gasteiger partial charge in [0.15, 0.2) is 5.82 Å². The second-order valence-corrected chi connectivity index (χ2v) is 5.29. The molecule has 0 aliphatic rings. The number of H-pyrrole nitrogens is 1. The first kappa shape index (κ1) is 13.8. The highest BCUT2D eigenvalue weighted by Crippen LogP contribution is 2.16. The molecule has 19 heavy (non-hydrogen) atoms. The van der Waals surface area contributed by atoms with Gasteiger partial charge < -0.3 is 10.2 Å². The Balaban J connectivity index is 2.09. The summed E-state index contributed by atoms with van der Waals surface area (Å²) in [6.07, 6.45) is 1.58. The monoisotopic (exact) mass is 326 g/mol. The molecule has 7 nitrogen and oxygen atoms in total. The summed E-state index contributed by atoms with van der Waals surface area (Å²) in [6.45, 7) is 0.734. The highest BCUT2D eigenvalue weighted by atomic mass is 79.9. The predicted octanol–water partition coefficient (Wildman–Crippen LogP) is 1.22. The van der Waals surface area contributed by atoms with E-state index in [1.807, 2.05) is 25.1 Å². The van der Waals surface area contributed by atoms with Gasteiger partial charge in [-0.2, -0.15) is 10.2 Å². The first-order valence-electron chi connectivity index (χ1n) is 5.65. The molecule has 0 bridgehead atoms. The average Bonchev–Trinajstić information content (AvgIpc) is 2.85. The lowest BCUT2D eigenvalue weighted by atomic mass is 10.3. The summed E-state index contributed by atoms with van der Waals surface area (Å²) < 4.78 is 2.16. The van der Waals surface area contributed by atoms with Gasteiger partial charge in [-0.05, 0) is 30.0 Å².